The summed E-state index contributed by atoms with van der Waals surface area (Å²) >= 11 is 17.6. The van der Waals surface area contributed by atoms with E-state index in [2.05, 4.69) is 0 Å². The van der Waals surface area contributed by atoms with Crippen molar-refractivity contribution in [2.45, 2.75) is 0 Å². The first-order chi connectivity index (χ1) is 6.59. The molecular formula is C9H4Cl3NO. The average molecular weight is 248 g/mol. The molecule has 0 aliphatic heterocycles. The largest absolute Gasteiger partial charge is 0.618 e. The third-order valence-corrected chi connectivity index (χ3v) is 2.70. The topological polar surface area (TPSA) is 26.9 Å². The molecule has 0 atom stereocenters. The molecule has 2 nitrogen and oxygen atoms in total. The molecule has 72 valence electrons. The van der Waals surface area contributed by atoms with E-state index >= 15 is 0 Å². The van der Waals surface area contributed by atoms with E-state index in [4.69, 9.17) is 34.8 Å². The lowest BCUT2D eigenvalue weighted by Crippen LogP contribution is -2.25. The molecule has 5 heteroatoms. The Hall–Kier alpha value is -0.700. The Labute approximate surface area is 95.2 Å². The summed E-state index contributed by atoms with van der Waals surface area (Å²) in [6.07, 6.45) is 1.32. The number of halogens is 3. The van der Waals surface area contributed by atoms with Crippen molar-refractivity contribution in [2.75, 3.05) is 0 Å². The van der Waals surface area contributed by atoms with Crippen molar-refractivity contribution in [1.82, 2.24) is 0 Å². The van der Waals surface area contributed by atoms with Crippen molar-refractivity contribution >= 4 is 45.7 Å². The molecule has 0 saturated heterocycles. The summed E-state index contributed by atoms with van der Waals surface area (Å²) in [4.78, 5) is 0. The Balaban J connectivity index is 3.00. The van der Waals surface area contributed by atoms with Crippen LogP contribution in [0.4, 0.5) is 0 Å². The van der Waals surface area contributed by atoms with Gasteiger partial charge in [-0.2, -0.15) is 4.73 Å². The molecular weight excluding hydrogens is 244 g/mol. The smallest absolute Gasteiger partial charge is 0.228 e. The minimum atomic E-state index is 0.370. The monoisotopic (exact) mass is 247 g/mol. The highest BCUT2D eigenvalue weighted by atomic mass is 35.5. The summed E-state index contributed by atoms with van der Waals surface area (Å²) in [5, 5.41) is 13.1. The van der Waals surface area contributed by atoms with Gasteiger partial charge in [0.25, 0.3) is 0 Å². The second kappa shape index (κ2) is 3.46. The molecule has 2 aromatic rings. The third-order valence-electron chi connectivity index (χ3n) is 1.87. The van der Waals surface area contributed by atoms with Gasteiger partial charge in [-0.25, -0.2) is 0 Å². The quantitative estimate of drug-likeness (QED) is 0.518. The summed E-state index contributed by atoms with van der Waals surface area (Å²) in [5.74, 6) is 0. The van der Waals surface area contributed by atoms with Crippen LogP contribution in [0.1, 0.15) is 0 Å². The van der Waals surface area contributed by atoms with E-state index in [0.717, 1.165) is 0 Å². The van der Waals surface area contributed by atoms with Gasteiger partial charge in [0.2, 0.25) is 5.52 Å². The van der Waals surface area contributed by atoms with Crippen LogP contribution in [0.5, 0.6) is 0 Å². The molecule has 0 amide bonds. The van der Waals surface area contributed by atoms with Crippen molar-refractivity contribution in [1.29, 1.82) is 0 Å². The number of pyridine rings is 1. The predicted octanol–water partition coefficient (Wildman–Crippen LogP) is 3.43. The maximum Gasteiger partial charge on any atom is 0.228 e. The van der Waals surface area contributed by atoms with E-state index < -0.39 is 0 Å². The summed E-state index contributed by atoms with van der Waals surface area (Å²) < 4.78 is 0.680. The van der Waals surface area contributed by atoms with Gasteiger partial charge in [0.05, 0.1) is 15.4 Å². The average Bonchev–Trinajstić information content (AvgIpc) is 2.10. The van der Waals surface area contributed by atoms with Crippen molar-refractivity contribution in [3.05, 3.63) is 44.7 Å². The normalized spacial score (nSPS) is 10.8. The fourth-order valence-corrected chi connectivity index (χ4v) is 2.15. The van der Waals surface area contributed by atoms with Crippen molar-refractivity contribution in [3.8, 4) is 0 Å². The first-order valence-corrected chi connectivity index (χ1v) is 4.89. The Bertz CT molecular complexity index is 513. The summed E-state index contributed by atoms with van der Waals surface area (Å²) in [5.41, 5.74) is 0.370. The van der Waals surface area contributed by atoms with Crippen LogP contribution in [0, 0.1) is 5.21 Å². The minimum Gasteiger partial charge on any atom is -0.618 e. The van der Waals surface area contributed by atoms with Gasteiger partial charge in [0.15, 0.2) is 6.20 Å². The van der Waals surface area contributed by atoms with Gasteiger partial charge >= 0.3 is 0 Å². The zero-order valence-corrected chi connectivity index (χ0v) is 9.07. The van der Waals surface area contributed by atoms with E-state index in [0.29, 0.717) is 30.7 Å². The first-order valence-electron chi connectivity index (χ1n) is 3.76. The molecule has 1 aromatic heterocycles. The van der Waals surface area contributed by atoms with E-state index in [-0.39, 0.29) is 0 Å². The first kappa shape index (κ1) is 9.84. The second-order valence-electron chi connectivity index (χ2n) is 2.77. The fourth-order valence-electron chi connectivity index (χ4n) is 1.27. The molecule has 0 aliphatic carbocycles. The SMILES string of the molecule is [O-][n+]1ccc(Cl)c2c(Cl)cc(Cl)cc21. The van der Waals surface area contributed by atoms with Crippen LogP contribution in [0.25, 0.3) is 10.9 Å². The van der Waals surface area contributed by atoms with E-state index in [1.807, 2.05) is 0 Å². The Morgan fingerprint density at radius 2 is 1.79 bits per heavy atom. The Morgan fingerprint density at radius 3 is 2.50 bits per heavy atom. The van der Waals surface area contributed by atoms with Crippen molar-refractivity contribution in [2.24, 2.45) is 0 Å². The molecule has 1 heterocycles. The van der Waals surface area contributed by atoms with Gasteiger partial charge in [-0.3, -0.25) is 0 Å². The lowest BCUT2D eigenvalue weighted by molar-refractivity contribution is -0.576. The van der Waals surface area contributed by atoms with Gasteiger partial charge in [0, 0.05) is 17.2 Å². The third kappa shape index (κ3) is 1.50. The number of benzene rings is 1. The van der Waals surface area contributed by atoms with Gasteiger partial charge < -0.3 is 5.21 Å². The summed E-state index contributed by atoms with van der Waals surface area (Å²) in [7, 11) is 0. The second-order valence-corrected chi connectivity index (χ2v) is 4.02. The zero-order chi connectivity index (χ0) is 10.3. The molecule has 0 aliphatic rings. The van der Waals surface area contributed by atoms with Crippen LogP contribution in [0.3, 0.4) is 0 Å². The zero-order valence-electron chi connectivity index (χ0n) is 6.80. The fraction of sp³-hybridized carbons (Fsp3) is 0. The molecule has 14 heavy (non-hydrogen) atoms. The van der Waals surface area contributed by atoms with E-state index in [1.165, 1.54) is 18.3 Å². The van der Waals surface area contributed by atoms with Gasteiger partial charge in [-0.15, -0.1) is 0 Å². The molecule has 0 saturated carbocycles. The molecule has 0 unspecified atom stereocenters. The molecule has 0 spiro atoms. The van der Waals surface area contributed by atoms with Gasteiger partial charge in [-0.1, -0.05) is 34.8 Å². The van der Waals surface area contributed by atoms with Gasteiger partial charge in [-0.05, 0) is 6.07 Å². The number of aromatic nitrogens is 1. The van der Waals surface area contributed by atoms with Crippen LogP contribution in [-0.2, 0) is 0 Å². The molecule has 0 bridgehead atoms. The number of hydrogen-bond acceptors (Lipinski definition) is 1. The molecule has 1 aromatic carbocycles. The maximum absolute atomic E-state index is 11.4. The molecule has 0 N–H and O–H groups in total. The lowest BCUT2D eigenvalue weighted by atomic mass is 10.2. The molecule has 0 fully saturated rings. The highest BCUT2D eigenvalue weighted by Gasteiger charge is 2.12. The standard InChI is InChI=1S/C9H4Cl3NO/c10-5-3-7(12)9-6(11)1-2-13(14)8(9)4-5/h1-4H. The maximum atomic E-state index is 11.4. The predicted molar refractivity (Wildman–Crippen MR) is 57.9 cm³/mol. The molecule has 0 radical (unpaired) electrons. The molecule has 2 rings (SSSR count). The van der Waals surface area contributed by atoms with Crippen LogP contribution >= 0.6 is 34.8 Å². The Kier molecular flexibility index (Phi) is 2.43. The van der Waals surface area contributed by atoms with Crippen molar-refractivity contribution < 1.29 is 4.73 Å². The van der Waals surface area contributed by atoms with Crippen LogP contribution in [0.2, 0.25) is 15.1 Å². The highest BCUT2D eigenvalue weighted by molar-refractivity contribution is 6.43. The van der Waals surface area contributed by atoms with E-state index in [1.54, 1.807) is 6.07 Å². The number of nitrogens with zero attached hydrogens (tertiary/aromatic N) is 1. The number of fused-ring (bicyclic) bond motifs is 1. The minimum absolute atomic E-state index is 0.370. The Morgan fingerprint density at radius 1 is 1.07 bits per heavy atom. The van der Waals surface area contributed by atoms with Crippen LogP contribution in [-0.4, -0.2) is 0 Å². The highest BCUT2D eigenvalue weighted by Crippen LogP contribution is 2.30. The summed E-state index contributed by atoms with van der Waals surface area (Å²) in [6.45, 7) is 0. The summed E-state index contributed by atoms with van der Waals surface area (Å²) in [6, 6.07) is 4.58. The van der Waals surface area contributed by atoms with Gasteiger partial charge in [0.1, 0.15) is 0 Å². The van der Waals surface area contributed by atoms with Crippen molar-refractivity contribution in [3.63, 3.8) is 0 Å². The van der Waals surface area contributed by atoms with Crippen LogP contribution in [0.15, 0.2) is 24.4 Å². The number of rotatable bonds is 0. The van der Waals surface area contributed by atoms with E-state index in [9.17, 15) is 5.21 Å². The lowest BCUT2D eigenvalue weighted by Gasteiger charge is -2.04. The number of hydrogen-bond donors (Lipinski definition) is 0. The van der Waals surface area contributed by atoms with Crippen LogP contribution < -0.4 is 4.73 Å².